The lowest BCUT2D eigenvalue weighted by atomic mass is 10.1. The van der Waals surface area contributed by atoms with E-state index in [1.807, 2.05) is 24.3 Å². The Hall–Kier alpha value is -1.81. The van der Waals surface area contributed by atoms with Crippen LogP contribution in [0.25, 0.3) is 11.3 Å². The van der Waals surface area contributed by atoms with E-state index in [-0.39, 0.29) is 6.61 Å². The van der Waals surface area contributed by atoms with Gasteiger partial charge in [0.15, 0.2) is 0 Å². The zero-order chi connectivity index (χ0) is 11.5. The van der Waals surface area contributed by atoms with Crippen LogP contribution >= 0.6 is 0 Å². The molecule has 84 valence electrons. The van der Waals surface area contributed by atoms with Crippen LogP contribution in [0.1, 0.15) is 11.3 Å². The maximum absolute atomic E-state index is 9.23. The van der Waals surface area contributed by atoms with Crippen LogP contribution in [0.4, 0.5) is 0 Å². The van der Waals surface area contributed by atoms with Gasteiger partial charge >= 0.3 is 0 Å². The fourth-order valence-electron chi connectivity index (χ4n) is 1.55. The highest BCUT2D eigenvalue weighted by atomic mass is 16.5. The first-order chi connectivity index (χ1) is 7.76. The summed E-state index contributed by atoms with van der Waals surface area (Å²) >= 11 is 0. The Morgan fingerprint density at radius 2 is 2.00 bits per heavy atom. The minimum absolute atomic E-state index is 0.0727. The number of ether oxygens (including phenoxy) is 1. The highest BCUT2D eigenvalue weighted by Gasteiger charge is 2.13. The van der Waals surface area contributed by atoms with Gasteiger partial charge in [0, 0.05) is 11.1 Å². The number of nitrogens with zero attached hydrogens (tertiary/aromatic N) is 1. The summed E-state index contributed by atoms with van der Waals surface area (Å²) in [5.41, 5.74) is 2.31. The molecule has 0 radical (unpaired) electrons. The SMILES string of the molecule is COc1ccc(-c2noc(C)c2CO)cc1. The molecule has 0 aliphatic heterocycles. The fraction of sp³-hybridized carbons (Fsp3) is 0.250. The van der Waals surface area contributed by atoms with Gasteiger partial charge in [-0.3, -0.25) is 0 Å². The van der Waals surface area contributed by atoms with Gasteiger partial charge in [-0.2, -0.15) is 0 Å². The second-order valence-corrected chi connectivity index (χ2v) is 3.45. The Labute approximate surface area is 93.5 Å². The maximum Gasteiger partial charge on any atom is 0.139 e. The zero-order valence-corrected chi connectivity index (χ0v) is 9.23. The Morgan fingerprint density at radius 3 is 2.56 bits per heavy atom. The molecule has 0 fully saturated rings. The Balaban J connectivity index is 2.42. The highest BCUT2D eigenvalue weighted by Crippen LogP contribution is 2.26. The molecule has 0 bridgehead atoms. The summed E-state index contributed by atoms with van der Waals surface area (Å²) in [5, 5.41) is 13.2. The van der Waals surface area contributed by atoms with E-state index in [1.54, 1.807) is 14.0 Å². The van der Waals surface area contributed by atoms with Crippen molar-refractivity contribution in [2.24, 2.45) is 0 Å². The second-order valence-electron chi connectivity index (χ2n) is 3.45. The van der Waals surface area contributed by atoms with Gasteiger partial charge in [0.05, 0.1) is 13.7 Å². The average Bonchev–Trinajstić information content (AvgIpc) is 2.70. The molecular weight excluding hydrogens is 206 g/mol. The second kappa shape index (κ2) is 4.37. The molecule has 0 spiro atoms. The molecular formula is C12H13NO3. The van der Waals surface area contributed by atoms with Crippen LogP contribution < -0.4 is 4.74 Å². The Bertz CT molecular complexity index is 474. The van der Waals surface area contributed by atoms with Crippen LogP contribution in [-0.4, -0.2) is 17.4 Å². The van der Waals surface area contributed by atoms with Crippen molar-refractivity contribution in [1.82, 2.24) is 5.16 Å². The summed E-state index contributed by atoms with van der Waals surface area (Å²) in [6.07, 6.45) is 0. The first kappa shape index (κ1) is 10.7. The van der Waals surface area contributed by atoms with E-state index in [2.05, 4.69) is 5.16 Å². The zero-order valence-electron chi connectivity index (χ0n) is 9.23. The van der Waals surface area contributed by atoms with Crippen LogP contribution in [0.3, 0.4) is 0 Å². The van der Waals surface area contributed by atoms with Gasteiger partial charge < -0.3 is 14.4 Å². The van der Waals surface area contributed by atoms with Gasteiger partial charge in [0.2, 0.25) is 0 Å². The van der Waals surface area contributed by atoms with Crippen LogP contribution in [0.2, 0.25) is 0 Å². The minimum Gasteiger partial charge on any atom is -0.497 e. The highest BCUT2D eigenvalue weighted by molar-refractivity contribution is 5.63. The fourth-order valence-corrected chi connectivity index (χ4v) is 1.55. The summed E-state index contributed by atoms with van der Waals surface area (Å²) in [7, 11) is 1.62. The maximum atomic E-state index is 9.23. The Morgan fingerprint density at radius 1 is 1.31 bits per heavy atom. The topological polar surface area (TPSA) is 55.5 Å². The lowest BCUT2D eigenvalue weighted by Crippen LogP contribution is -1.88. The van der Waals surface area contributed by atoms with Gasteiger partial charge in [0.25, 0.3) is 0 Å². The molecule has 2 aromatic rings. The summed E-state index contributed by atoms with van der Waals surface area (Å²) in [4.78, 5) is 0. The van der Waals surface area contributed by atoms with Gasteiger partial charge in [-0.25, -0.2) is 0 Å². The molecule has 0 atom stereocenters. The quantitative estimate of drug-likeness (QED) is 0.859. The monoisotopic (exact) mass is 219 g/mol. The number of aryl methyl sites for hydroxylation is 1. The summed E-state index contributed by atoms with van der Waals surface area (Å²) < 4.78 is 10.1. The van der Waals surface area contributed by atoms with Gasteiger partial charge in [0.1, 0.15) is 17.2 Å². The number of benzene rings is 1. The van der Waals surface area contributed by atoms with Crippen molar-refractivity contribution in [3.63, 3.8) is 0 Å². The molecule has 1 aromatic heterocycles. The minimum atomic E-state index is -0.0727. The van der Waals surface area contributed by atoms with Crippen LogP contribution in [-0.2, 0) is 6.61 Å². The molecule has 1 heterocycles. The van der Waals surface area contributed by atoms with E-state index in [4.69, 9.17) is 9.26 Å². The molecule has 4 nitrogen and oxygen atoms in total. The molecule has 1 aromatic carbocycles. The van der Waals surface area contributed by atoms with E-state index in [0.29, 0.717) is 11.5 Å². The van der Waals surface area contributed by atoms with E-state index in [0.717, 1.165) is 16.9 Å². The number of aliphatic hydroxyl groups is 1. The van der Waals surface area contributed by atoms with Crippen LogP contribution in [0.5, 0.6) is 5.75 Å². The normalized spacial score (nSPS) is 10.4. The van der Waals surface area contributed by atoms with Crippen molar-refractivity contribution in [2.75, 3.05) is 7.11 Å². The van der Waals surface area contributed by atoms with Crippen molar-refractivity contribution in [3.8, 4) is 17.0 Å². The molecule has 0 saturated carbocycles. The number of rotatable bonds is 3. The van der Waals surface area contributed by atoms with E-state index in [1.165, 1.54) is 0 Å². The number of methoxy groups -OCH3 is 1. The average molecular weight is 219 g/mol. The number of aromatic nitrogens is 1. The molecule has 0 unspecified atom stereocenters. The molecule has 1 N–H and O–H groups in total. The first-order valence-electron chi connectivity index (χ1n) is 4.96. The van der Waals surface area contributed by atoms with Crippen LogP contribution in [0.15, 0.2) is 28.8 Å². The lowest BCUT2D eigenvalue weighted by Gasteiger charge is -2.01. The predicted octanol–water partition coefficient (Wildman–Crippen LogP) is 2.15. The Kier molecular flexibility index (Phi) is 2.92. The van der Waals surface area contributed by atoms with E-state index >= 15 is 0 Å². The third-order valence-electron chi connectivity index (χ3n) is 2.51. The van der Waals surface area contributed by atoms with E-state index < -0.39 is 0 Å². The van der Waals surface area contributed by atoms with Crippen LogP contribution in [0, 0.1) is 6.92 Å². The molecule has 16 heavy (non-hydrogen) atoms. The van der Waals surface area contributed by atoms with Gasteiger partial charge in [-0.15, -0.1) is 0 Å². The summed E-state index contributed by atoms with van der Waals surface area (Å²) in [5.74, 6) is 1.43. The number of hydrogen-bond acceptors (Lipinski definition) is 4. The van der Waals surface area contributed by atoms with Crippen molar-refractivity contribution in [2.45, 2.75) is 13.5 Å². The third kappa shape index (κ3) is 1.79. The summed E-state index contributed by atoms with van der Waals surface area (Å²) in [6.45, 7) is 1.71. The van der Waals surface area contributed by atoms with Crippen molar-refractivity contribution in [1.29, 1.82) is 0 Å². The first-order valence-corrected chi connectivity index (χ1v) is 4.96. The molecule has 0 aliphatic rings. The third-order valence-corrected chi connectivity index (χ3v) is 2.51. The molecule has 0 saturated heterocycles. The number of hydrogen-bond donors (Lipinski definition) is 1. The smallest absolute Gasteiger partial charge is 0.139 e. The predicted molar refractivity (Wildman–Crippen MR) is 59.2 cm³/mol. The molecule has 0 amide bonds. The van der Waals surface area contributed by atoms with E-state index in [9.17, 15) is 5.11 Å². The van der Waals surface area contributed by atoms with Crippen molar-refractivity contribution >= 4 is 0 Å². The molecule has 2 rings (SSSR count). The van der Waals surface area contributed by atoms with Gasteiger partial charge in [-0.1, -0.05) is 5.16 Å². The number of aliphatic hydroxyl groups excluding tert-OH is 1. The summed E-state index contributed by atoms with van der Waals surface area (Å²) in [6, 6.07) is 7.46. The van der Waals surface area contributed by atoms with Crippen molar-refractivity contribution in [3.05, 3.63) is 35.6 Å². The lowest BCUT2D eigenvalue weighted by molar-refractivity contribution is 0.278. The molecule has 0 aliphatic carbocycles. The van der Waals surface area contributed by atoms with Gasteiger partial charge in [-0.05, 0) is 31.2 Å². The largest absolute Gasteiger partial charge is 0.497 e. The molecule has 4 heteroatoms. The standard InChI is InChI=1S/C12H13NO3/c1-8-11(7-14)12(13-16-8)9-3-5-10(15-2)6-4-9/h3-6,14H,7H2,1-2H3. The van der Waals surface area contributed by atoms with Crippen molar-refractivity contribution < 1.29 is 14.4 Å².